The Morgan fingerprint density at radius 3 is 2.78 bits per heavy atom. The van der Waals surface area contributed by atoms with Crippen LogP contribution in [0.15, 0.2) is 42.6 Å². The van der Waals surface area contributed by atoms with Crippen LogP contribution in [0.25, 0.3) is 0 Å². The largest absolute Gasteiger partial charge is 0.347 e. The predicted molar refractivity (Wildman–Crippen MR) is 71.6 cm³/mol. The smallest absolute Gasteiger partial charge is 0.270 e. The molecule has 1 aromatic carbocycles. The summed E-state index contributed by atoms with van der Waals surface area (Å²) in [6.07, 6.45) is 1.59. The highest BCUT2D eigenvalue weighted by atomic mass is 35.5. The number of carbonyl (C=O) groups excluding carboxylic acids is 1. The molecule has 4 heteroatoms. The van der Waals surface area contributed by atoms with E-state index in [0.717, 1.165) is 11.1 Å². The highest BCUT2D eigenvalue weighted by Gasteiger charge is 2.08. The van der Waals surface area contributed by atoms with E-state index in [1.807, 2.05) is 25.1 Å². The molecular weight excluding hydrogens is 248 g/mol. The van der Waals surface area contributed by atoms with E-state index in [1.54, 1.807) is 24.4 Å². The van der Waals surface area contributed by atoms with E-state index in [4.69, 9.17) is 11.6 Å². The number of aromatic nitrogens is 1. The fourth-order valence-electron chi connectivity index (χ4n) is 1.65. The molecule has 1 N–H and O–H groups in total. The van der Waals surface area contributed by atoms with E-state index in [2.05, 4.69) is 10.3 Å². The van der Waals surface area contributed by atoms with Gasteiger partial charge in [0.1, 0.15) is 5.69 Å². The van der Waals surface area contributed by atoms with Gasteiger partial charge in [-0.2, -0.15) is 0 Å². The number of amides is 1. The Bertz CT molecular complexity index is 535. The summed E-state index contributed by atoms with van der Waals surface area (Å²) in [5.74, 6) is -0.199. The van der Waals surface area contributed by atoms with E-state index in [-0.39, 0.29) is 5.91 Å². The molecule has 0 saturated heterocycles. The number of rotatable bonds is 3. The number of halogens is 1. The van der Waals surface area contributed by atoms with Gasteiger partial charge in [-0.15, -0.1) is 0 Å². The maximum atomic E-state index is 11.8. The molecule has 0 fully saturated rings. The molecule has 0 saturated carbocycles. The van der Waals surface area contributed by atoms with Crippen molar-refractivity contribution in [2.45, 2.75) is 13.5 Å². The SMILES string of the molecule is Cc1cccc(Cl)c1CNC(=O)c1ccccn1. The van der Waals surface area contributed by atoms with Crippen molar-refractivity contribution in [3.05, 3.63) is 64.4 Å². The van der Waals surface area contributed by atoms with Crippen molar-refractivity contribution in [3.63, 3.8) is 0 Å². The number of carbonyl (C=O) groups is 1. The van der Waals surface area contributed by atoms with Gasteiger partial charge in [-0.3, -0.25) is 9.78 Å². The van der Waals surface area contributed by atoms with Crippen LogP contribution in [0.1, 0.15) is 21.6 Å². The van der Waals surface area contributed by atoms with Crippen molar-refractivity contribution in [1.82, 2.24) is 10.3 Å². The lowest BCUT2D eigenvalue weighted by Crippen LogP contribution is -2.24. The van der Waals surface area contributed by atoms with Crippen LogP contribution in [-0.2, 0) is 6.54 Å². The Hall–Kier alpha value is -1.87. The van der Waals surface area contributed by atoms with Crippen LogP contribution < -0.4 is 5.32 Å². The Morgan fingerprint density at radius 1 is 1.28 bits per heavy atom. The zero-order valence-corrected chi connectivity index (χ0v) is 10.7. The molecule has 0 unspecified atom stereocenters. The van der Waals surface area contributed by atoms with Crippen LogP contribution in [0, 0.1) is 6.92 Å². The molecule has 1 aromatic heterocycles. The molecule has 2 aromatic rings. The van der Waals surface area contributed by atoms with Gasteiger partial charge in [-0.1, -0.05) is 29.8 Å². The Morgan fingerprint density at radius 2 is 2.11 bits per heavy atom. The first-order valence-electron chi connectivity index (χ1n) is 5.61. The monoisotopic (exact) mass is 260 g/mol. The van der Waals surface area contributed by atoms with Crippen LogP contribution in [0.3, 0.4) is 0 Å². The maximum Gasteiger partial charge on any atom is 0.270 e. The van der Waals surface area contributed by atoms with Crippen molar-refractivity contribution < 1.29 is 4.79 Å². The molecule has 0 atom stereocenters. The highest BCUT2D eigenvalue weighted by Crippen LogP contribution is 2.19. The van der Waals surface area contributed by atoms with Gasteiger partial charge in [-0.25, -0.2) is 0 Å². The molecule has 0 aliphatic heterocycles. The van der Waals surface area contributed by atoms with Crippen LogP contribution in [-0.4, -0.2) is 10.9 Å². The van der Waals surface area contributed by atoms with Crippen molar-refractivity contribution in [2.75, 3.05) is 0 Å². The maximum absolute atomic E-state index is 11.8. The normalized spacial score (nSPS) is 10.1. The van der Waals surface area contributed by atoms with E-state index in [9.17, 15) is 4.79 Å². The lowest BCUT2D eigenvalue weighted by atomic mass is 10.1. The van der Waals surface area contributed by atoms with E-state index >= 15 is 0 Å². The minimum absolute atomic E-state index is 0.199. The average molecular weight is 261 g/mol. The summed E-state index contributed by atoms with van der Waals surface area (Å²) < 4.78 is 0. The molecular formula is C14H13ClN2O. The first-order chi connectivity index (χ1) is 8.68. The molecule has 0 aliphatic rings. The molecule has 3 nitrogen and oxygen atoms in total. The van der Waals surface area contributed by atoms with E-state index < -0.39 is 0 Å². The number of nitrogens with one attached hydrogen (secondary N) is 1. The lowest BCUT2D eigenvalue weighted by molar-refractivity contribution is 0.0946. The van der Waals surface area contributed by atoms with Crippen molar-refractivity contribution in [1.29, 1.82) is 0 Å². The fourth-order valence-corrected chi connectivity index (χ4v) is 1.94. The lowest BCUT2D eigenvalue weighted by Gasteiger charge is -2.09. The molecule has 92 valence electrons. The van der Waals surface area contributed by atoms with Gasteiger partial charge in [0.2, 0.25) is 0 Å². The number of benzene rings is 1. The van der Waals surface area contributed by atoms with Crippen molar-refractivity contribution in [2.24, 2.45) is 0 Å². The van der Waals surface area contributed by atoms with Gasteiger partial charge in [-0.05, 0) is 36.2 Å². The van der Waals surface area contributed by atoms with E-state index in [1.165, 1.54) is 0 Å². The summed E-state index contributed by atoms with van der Waals surface area (Å²) in [5, 5.41) is 3.47. The highest BCUT2D eigenvalue weighted by molar-refractivity contribution is 6.31. The summed E-state index contributed by atoms with van der Waals surface area (Å²) in [4.78, 5) is 15.8. The zero-order valence-electron chi connectivity index (χ0n) is 9.98. The second-order valence-corrected chi connectivity index (χ2v) is 4.34. The minimum Gasteiger partial charge on any atom is -0.347 e. The third-order valence-corrected chi connectivity index (χ3v) is 3.03. The number of hydrogen-bond donors (Lipinski definition) is 1. The minimum atomic E-state index is -0.199. The number of aryl methyl sites for hydroxylation is 1. The fraction of sp³-hybridized carbons (Fsp3) is 0.143. The van der Waals surface area contributed by atoms with Crippen LogP contribution in [0.4, 0.5) is 0 Å². The molecule has 0 bridgehead atoms. The summed E-state index contributed by atoms with van der Waals surface area (Å²) in [6, 6.07) is 10.9. The van der Waals surface area contributed by atoms with Gasteiger partial charge >= 0.3 is 0 Å². The molecule has 0 radical (unpaired) electrons. The van der Waals surface area contributed by atoms with Crippen molar-refractivity contribution in [3.8, 4) is 0 Å². The van der Waals surface area contributed by atoms with Gasteiger partial charge < -0.3 is 5.32 Å². The summed E-state index contributed by atoms with van der Waals surface area (Å²) in [6.45, 7) is 2.37. The summed E-state index contributed by atoms with van der Waals surface area (Å²) >= 11 is 6.09. The average Bonchev–Trinajstić information content (AvgIpc) is 2.39. The molecule has 1 amide bonds. The second kappa shape index (κ2) is 5.65. The Balaban J connectivity index is 2.07. The van der Waals surface area contributed by atoms with E-state index in [0.29, 0.717) is 17.3 Å². The number of hydrogen-bond acceptors (Lipinski definition) is 2. The molecule has 0 spiro atoms. The molecule has 1 heterocycles. The molecule has 2 rings (SSSR count). The quantitative estimate of drug-likeness (QED) is 0.922. The van der Waals surface area contributed by atoms with Crippen LogP contribution in [0.2, 0.25) is 5.02 Å². The second-order valence-electron chi connectivity index (χ2n) is 3.93. The predicted octanol–water partition coefficient (Wildman–Crippen LogP) is 2.97. The first-order valence-corrected chi connectivity index (χ1v) is 5.99. The van der Waals surface area contributed by atoms with Gasteiger partial charge in [0.25, 0.3) is 5.91 Å². The summed E-state index contributed by atoms with van der Waals surface area (Å²) in [5.41, 5.74) is 2.40. The standard InChI is InChI=1S/C14H13ClN2O/c1-10-5-4-6-12(15)11(10)9-17-14(18)13-7-2-3-8-16-13/h2-8H,9H2,1H3,(H,17,18). The molecule has 18 heavy (non-hydrogen) atoms. The summed E-state index contributed by atoms with van der Waals surface area (Å²) in [7, 11) is 0. The van der Waals surface area contributed by atoms with Crippen LogP contribution in [0.5, 0.6) is 0 Å². The number of nitrogens with zero attached hydrogens (tertiary/aromatic N) is 1. The zero-order chi connectivity index (χ0) is 13.0. The topological polar surface area (TPSA) is 42.0 Å². The van der Waals surface area contributed by atoms with Gasteiger partial charge in [0, 0.05) is 17.8 Å². The molecule has 0 aliphatic carbocycles. The Kier molecular flexibility index (Phi) is 3.95. The van der Waals surface area contributed by atoms with Gasteiger partial charge in [0.05, 0.1) is 0 Å². The van der Waals surface area contributed by atoms with Crippen molar-refractivity contribution >= 4 is 17.5 Å². The Labute approximate surface area is 111 Å². The van der Waals surface area contributed by atoms with Gasteiger partial charge in [0.15, 0.2) is 0 Å². The first kappa shape index (κ1) is 12.6. The number of pyridine rings is 1. The third kappa shape index (κ3) is 2.87. The third-order valence-electron chi connectivity index (χ3n) is 2.68. The van der Waals surface area contributed by atoms with Crippen LogP contribution >= 0.6 is 11.6 Å².